The summed E-state index contributed by atoms with van der Waals surface area (Å²) < 4.78 is 13.6. The Kier molecular flexibility index (Phi) is 6.66. The number of carbonyl (C=O) groups is 1. The normalized spacial score (nSPS) is 17.8. The molecule has 2 aromatic carbocycles. The summed E-state index contributed by atoms with van der Waals surface area (Å²) in [5.74, 6) is -0.220. The van der Waals surface area contributed by atoms with Crippen molar-refractivity contribution >= 4 is 23.4 Å². The summed E-state index contributed by atoms with van der Waals surface area (Å²) in [5, 5.41) is 6.36. The summed E-state index contributed by atoms with van der Waals surface area (Å²) in [7, 11) is 0. The smallest absolute Gasteiger partial charge is 0.225 e. The first kappa shape index (κ1) is 18.9. The van der Waals surface area contributed by atoms with E-state index in [-0.39, 0.29) is 17.8 Å². The summed E-state index contributed by atoms with van der Waals surface area (Å²) in [6, 6.07) is 14.6. The van der Waals surface area contributed by atoms with Crippen LogP contribution in [-0.4, -0.2) is 43.2 Å². The number of nitrogens with zero attached hydrogens (tertiary/aromatic N) is 1. The van der Waals surface area contributed by atoms with Gasteiger partial charge in [0.2, 0.25) is 5.91 Å². The molecule has 1 aliphatic rings. The van der Waals surface area contributed by atoms with Crippen LogP contribution < -0.4 is 10.6 Å². The molecular formula is C20H24FN3OS. The number of hydrogen-bond acceptors (Lipinski definition) is 4. The van der Waals surface area contributed by atoms with Crippen LogP contribution in [0.4, 0.5) is 10.1 Å². The summed E-state index contributed by atoms with van der Waals surface area (Å²) >= 11 is 1.61. The third kappa shape index (κ3) is 4.84. The lowest BCUT2D eigenvalue weighted by atomic mass is 10.0. The number of benzene rings is 2. The molecule has 0 spiro atoms. The minimum Gasteiger partial charge on any atom is -0.325 e. The molecule has 2 aromatic rings. The van der Waals surface area contributed by atoms with Gasteiger partial charge in [-0.1, -0.05) is 24.3 Å². The third-order valence-electron chi connectivity index (χ3n) is 4.59. The molecule has 1 fully saturated rings. The Labute approximate surface area is 158 Å². The van der Waals surface area contributed by atoms with Crippen LogP contribution >= 0.6 is 11.8 Å². The quantitative estimate of drug-likeness (QED) is 0.761. The first-order valence-electron chi connectivity index (χ1n) is 8.80. The summed E-state index contributed by atoms with van der Waals surface area (Å²) in [6.45, 7) is 3.13. The van der Waals surface area contributed by atoms with Gasteiger partial charge >= 0.3 is 0 Å². The van der Waals surface area contributed by atoms with Crippen molar-refractivity contribution in [1.82, 2.24) is 10.2 Å². The van der Waals surface area contributed by atoms with Gasteiger partial charge in [0.05, 0.1) is 5.69 Å². The average Bonchev–Trinajstić information content (AvgIpc) is 2.67. The van der Waals surface area contributed by atoms with Gasteiger partial charge in [-0.25, -0.2) is 4.39 Å². The fourth-order valence-corrected chi connectivity index (χ4v) is 3.82. The van der Waals surface area contributed by atoms with Gasteiger partial charge in [0, 0.05) is 43.5 Å². The number of hydrogen-bond donors (Lipinski definition) is 2. The highest BCUT2D eigenvalue weighted by molar-refractivity contribution is 7.98. The molecule has 1 aliphatic heterocycles. The van der Waals surface area contributed by atoms with Gasteiger partial charge in [0.25, 0.3) is 0 Å². The van der Waals surface area contributed by atoms with Gasteiger partial charge in [-0.05, 0) is 36.1 Å². The van der Waals surface area contributed by atoms with Crippen molar-refractivity contribution < 1.29 is 9.18 Å². The van der Waals surface area contributed by atoms with E-state index in [1.807, 2.05) is 36.6 Å². The Morgan fingerprint density at radius 1 is 1.31 bits per heavy atom. The van der Waals surface area contributed by atoms with Gasteiger partial charge in [0.1, 0.15) is 5.82 Å². The van der Waals surface area contributed by atoms with E-state index in [0.717, 1.165) is 35.8 Å². The fraction of sp³-hybridized carbons (Fsp3) is 0.350. The van der Waals surface area contributed by atoms with Crippen molar-refractivity contribution in [2.75, 3.05) is 37.8 Å². The standard InChI is InChI=1S/C20H24FN3OS/c1-26-19-8-3-2-7-17(19)23-20(25)9-11-24-12-10-22-14-18(24)15-5-4-6-16(21)13-15/h2-8,13,18,22H,9-12,14H2,1H3,(H,23,25). The molecule has 1 heterocycles. The van der Waals surface area contributed by atoms with Gasteiger partial charge in [-0.15, -0.1) is 11.8 Å². The van der Waals surface area contributed by atoms with Crippen molar-refractivity contribution in [3.8, 4) is 0 Å². The maximum atomic E-state index is 13.6. The molecule has 6 heteroatoms. The number of piperazine rings is 1. The van der Waals surface area contributed by atoms with Crippen LogP contribution in [0.15, 0.2) is 53.4 Å². The molecule has 0 radical (unpaired) electrons. The van der Waals surface area contributed by atoms with Crippen LogP contribution in [0.1, 0.15) is 18.0 Å². The largest absolute Gasteiger partial charge is 0.325 e. The van der Waals surface area contributed by atoms with E-state index in [1.54, 1.807) is 23.9 Å². The second-order valence-electron chi connectivity index (χ2n) is 6.31. The molecule has 1 saturated heterocycles. The number of thioether (sulfide) groups is 1. The number of rotatable bonds is 6. The second kappa shape index (κ2) is 9.16. The van der Waals surface area contributed by atoms with E-state index in [4.69, 9.17) is 0 Å². The fourth-order valence-electron chi connectivity index (χ4n) is 3.26. The molecule has 1 amide bonds. The van der Waals surface area contributed by atoms with E-state index in [1.165, 1.54) is 6.07 Å². The van der Waals surface area contributed by atoms with Gasteiger partial charge in [-0.3, -0.25) is 9.69 Å². The van der Waals surface area contributed by atoms with Gasteiger partial charge in [0.15, 0.2) is 0 Å². The summed E-state index contributed by atoms with van der Waals surface area (Å²) in [6.07, 6.45) is 2.41. The van der Waals surface area contributed by atoms with E-state index in [9.17, 15) is 9.18 Å². The lowest BCUT2D eigenvalue weighted by Gasteiger charge is -2.36. The van der Waals surface area contributed by atoms with Crippen molar-refractivity contribution in [3.05, 3.63) is 59.9 Å². The van der Waals surface area contributed by atoms with Crippen molar-refractivity contribution in [3.63, 3.8) is 0 Å². The van der Waals surface area contributed by atoms with Gasteiger partial charge in [-0.2, -0.15) is 0 Å². The molecular weight excluding hydrogens is 349 g/mol. The minimum atomic E-state index is -0.223. The maximum absolute atomic E-state index is 13.6. The highest BCUT2D eigenvalue weighted by atomic mass is 32.2. The zero-order valence-corrected chi connectivity index (χ0v) is 15.7. The first-order chi connectivity index (χ1) is 12.7. The first-order valence-corrected chi connectivity index (χ1v) is 10.0. The number of nitrogens with one attached hydrogen (secondary N) is 2. The average molecular weight is 373 g/mol. The van der Waals surface area contributed by atoms with Crippen LogP contribution in [0.25, 0.3) is 0 Å². The molecule has 2 N–H and O–H groups in total. The molecule has 26 heavy (non-hydrogen) atoms. The van der Waals surface area contributed by atoms with Crippen LogP contribution in [0.2, 0.25) is 0 Å². The van der Waals surface area contributed by atoms with Crippen molar-refractivity contribution in [1.29, 1.82) is 0 Å². The Morgan fingerprint density at radius 3 is 2.96 bits per heavy atom. The predicted molar refractivity (Wildman–Crippen MR) is 105 cm³/mol. The van der Waals surface area contributed by atoms with Crippen LogP contribution in [-0.2, 0) is 4.79 Å². The number of para-hydroxylation sites is 1. The zero-order chi connectivity index (χ0) is 18.4. The molecule has 0 saturated carbocycles. The third-order valence-corrected chi connectivity index (χ3v) is 5.39. The number of amides is 1. The monoisotopic (exact) mass is 373 g/mol. The van der Waals surface area contributed by atoms with Crippen LogP contribution in [0.3, 0.4) is 0 Å². The van der Waals surface area contributed by atoms with Crippen molar-refractivity contribution in [2.24, 2.45) is 0 Å². The Bertz CT molecular complexity index is 755. The lowest BCUT2D eigenvalue weighted by Crippen LogP contribution is -2.46. The SMILES string of the molecule is CSc1ccccc1NC(=O)CCN1CCNCC1c1cccc(F)c1. The molecule has 1 unspecified atom stereocenters. The zero-order valence-electron chi connectivity index (χ0n) is 14.9. The molecule has 0 aromatic heterocycles. The summed E-state index contributed by atoms with van der Waals surface area (Å²) in [5.41, 5.74) is 1.80. The van der Waals surface area contributed by atoms with E-state index in [2.05, 4.69) is 15.5 Å². The topological polar surface area (TPSA) is 44.4 Å². The highest BCUT2D eigenvalue weighted by Gasteiger charge is 2.24. The number of carbonyl (C=O) groups excluding carboxylic acids is 1. The minimum absolute atomic E-state index is 0.00280. The predicted octanol–water partition coefficient (Wildman–Crippen LogP) is 3.52. The maximum Gasteiger partial charge on any atom is 0.225 e. The molecule has 0 bridgehead atoms. The van der Waals surface area contributed by atoms with Crippen molar-refractivity contribution in [2.45, 2.75) is 17.4 Å². The van der Waals surface area contributed by atoms with Crippen LogP contribution in [0, 0.1) is 5.82 Å². The molecule has 138 valence electrons. The Hall–Kier alpha value is -1.89. The van der Waals surface area contributed by atoms with E-state index < -0.39 is 0 Å². The van der Waals surface area contributed by atoms with E-state index in [0.29, 0.717) is 13.0 Å². The second-order valence-corrected chi connectivity index (χ2v) is 7.16. The Balaban J connectivity index is 1.60. The van der Waals surface area contributed by atoms with E-state index >= 15 is 0 Å². The highest BCUT2D eigenvalue weighted by Crippen LogP contribution is 2.25. The Morgan fingerprint density at radius 2 is 2.15 bits per heavy atom. The summed E-state index contributed by atoms with van der Waals surface area (Å²) in [4.78, 5) is 15.7. The number of anilines is 1. The molecule has 0 aliphatic carbocycles. The number of halogens is 1. The van der Waals surface area contributed by atoms with Crippen LogP contribution in [0.5, 0.6) is 0 Å². The molecule has 1 atom stereocenters. The lowest BCUT2D eigenvalue weighted by molar-refractivity contribution is -0.116. The van der Waals surface area contributed by atoms with Gasteiger partial charge < -0.3 is 10.6 Å². The molecule has 3 rings (SSSR count). The molecule has 4 nitrogen and oxygen atoms in total.